The third kappa shape index (κ3) is 3.88. The molecule has 130 valence electrons. The molecule has 0 saturated carbocycles. The van der Waals surface area contributed by atoms with E-state index in [2.05, 4.69) is 10.6 Å². The van der Waals surface area contributed by atoms with Crippen LogP contribution in [0.3, 0.4) is 0 Å². The number of amides is 2. The van der Waals surface area contributed by atoms with Crippen LogP contribution in [0.5, 0.6) is 0 Å². The Morgan fingerprint density at radius 3 is 2.76 bits per heavy atom. The predicted molar refractivity (Wildman–Crippen MR) is 96.2 cm³/mol. The molecule has 0 spiro atoms. The molecule has 0 aliphatic carbocycles. The van der Waals surface area contributed by atoms with Crippen LogP contribution in [0.2, 0.25) is 0 Å². The molecule has 0 saturated heterocycles. The van der Waals surface area contributed by atoms with Crippen LogP contribution in [0.25, 0.3) is 10.2 Å². The van der Waals surface area contributed by atoms with Gasteiger partial charge in [0, 0.05) is 13.6 Å². The summed E-state index contributed by atoms with van der Waals surface area (Å²) in [7, 11) is 1.82. The Morgan fingerprint density at radius 1 is 1.20 bits per heavy atom. The minimum Gasteiger partial charge on any atom is -0.354 e. The number of aromatic nitrogens is 1. The molecule has 5 nitrogen and oxygen atoms in total. The minimum absolute atomic E-state index is 0.116. The SMILES string of the molecule is Cn1c(C(=O)NCC(=O)NCCc2ccccc2F)cc2sccc21. The molecular weight excluding hydrogens is 341 g/mol. The number of nitrogens with zero attached hydrogens (tertiary/aromatic N) is 1. The highest BCUT2D eigenvalue weighted by Crippen LogP contribution is 2.23. The molecule has 0 radical (unpaired) electrons. The number of nitrogens with one attached hydrogen (secondary N) is 2. The highest BCUT2D eigenvalue weighted by atomic mass is 32.1. The molecule has 2 aromatic heterocycles. The van der Waals surface area contributed by atoms with Crippen LogP contribution >= 0.6 is 11.3 Å². The summed E-state index contributed by atoms with van der Waals surface area (Å²) >= 11 is 1.56. The number of fused-ring (bicyclic) bond motifs is 1. The van der Waals surface area contributed by atoms with Gasteiger partial charge in [0.2, 0.25) is 5.91 Å². The highest BCUT2D eigenvalue weighted by Gasteiger charge is 2.14. The van der Waals surface area contributed by atoms with Gasteiger partial charge in [-0.1, -0.05) is 18.2 Å². The number of thiophene rings is 1. The second kappa shape index (κ2) is 7.48. The van der Waals surface area contributed by atoms with E-state index in [4.69, 9.17) is 0 Å². The van der Waals surface area contributed by atoms with Gasteiger partial charge in [0.05, 0.1) is 16.8 Å². The van der Waals surface area contributed by atoms with E-state index in [9.17, 15) is 14.0 Å². The summed E-state index contributed by atoms with van der Waals surface area (Å²) in [5, 5.41) is 7.25. The van der Waals surface area contributed by atoms with Gasteiger partial charge in [0.15, 0.2) is 0 Å². The molecule has 0 aliphatic heterocycles. The van der Waals surface area contributed by atoms with Crippen molar-refractivity contribution < 1.29 is 14.0 Å². The molecule has 0 bridgehead atoms. The third-order valence-electron chi connectivity index (χ3n) is 3.98. The minimum atomic E-state index is -0.305. The number of aryl methyl sites for hydroxylation is 1. The van der Waals surface area contributed by atoms with Crippen molar-refractivity contribution in [3.05, 3.63) is 58.9 Å². The first-order valence-corrected chi connectivity index (χ1v) is 8.75. The van der Waals surface area contributed by atoms with Crippen molar-refractivity contribution in [1.29, 1.82) is 0 Å². The molecule has 3 aromatic rings. The molecule has 2 N–H and O–H groups in total. The van der Waals surface area contributed by atoms with Gasteiger partial charge in [-0.25, -0.2) is 4.39 Å². The highest BCUT2D eigenvalue weighted by molar-refractivity contribution is 7.17. The molecular formula is C18H18FN3O2S. The molecule has 3 rings (SSSR count). The Labute approximate surface area is 148 Å². The first-order valence-electron chi connectivity index (χ1n) is 7.87. The Kier molecular flexibility index (Phi) is 5.14. The molecule has 2 amide bonds. The Hall–Kier alpha value is -2.67. The smallest absolute Gasteiger partial charge is 0.268 e. The fraction of sp³-hybridized carbons (Fsp3) is 0.222. The zero-order valence-electron chi connectivity index (χ0n) is 13.7. The van der Waals surface area contributed by atoms with E-state index in [-0.39, 0.29) is 24.2 Å². The Bertz CT molecular complexity index is 916. The van der Waals surface area contributed by atoms with Crippen LogP contribution in [0, 0.1) is 5.82 Å². The van der Waals surface area contributed by atoms with Gasteiger partial charge in [-0.3, -0.25) is 9.59 Å². The summed E-state index contributed by atoms with van der Waals surface area (Å²) in [5.74, 6) is -0.885. The lowest BCUT2D eigenvalue weighted by atomic mass is 10.1. The average Bonchev–Trinajstić information content (AvgIpc) is 3.18. The van der Waals surface area contributed by atoms with Gasteiger partial charge < -0.3 is 15.2 Å². The van der Waals surface area contributed by atoms with E-state index < -0.39 is 0 Å². The summed E-state index contributed by atoms with van der Waals surface area (Å²) in [6, 6.07) is 10.2. The molecule has 0 aliphatic rings. The molecule has 0 atom stereocenters. The van der Waals surface area contributed by atoms with Crippen molar-refractivity contribution in [3.8, 4) is 0 Å². The van der Waals surface area contributed by atoms with Crippen LogP contribution < -0.4 is 10.6 Å². The van der Waals surface area contributed by atoms with Gasteiger partial charge in [0.25, 0.3) is 5.91 Å². The zero-order chi connectivity index (χ0) is 17.8. The van der Waals surface area contributed by atoms with E-state index in [1.165, 1.54) is 6.07 Å². The van der Waals surface area contributed by atoms with Crippen LogP contribution in [0.15, 0.2) is 41.8 Å². The molecule has 2 heterocycles. The number of benzene rings is 1. The summed E-state index contributed by atoms with van der Waals surface area (Å²) in [6.07, 6.45) is 0.403. The lowest BCUT2D eigenvalue weighted by molar-refractivity contribution is -0.120. The fourth-order valence-corrected chi connectivity index (χ4v) is 3.47. The normalized spacial score (nSPS) is 10.8. The van der Waals surface area contributed by atoms with Crippen LogP contribution in [0.1, 0.15) is 16.1 Å². The van der Waals surface area contributed by atoms with Crippen molar-refractivity contribution in [2.24, 2.45) is 7.05 Å². The molecule has 0 unspecified atom stereocenters. The van der Waals surface area contributed by atoms with E-state index in [1.54, 1.807) is 34.1 Å². The van der Waals surface area contributed by atoms with Crippen molar-refractivity contribution in [2.75, 3.05) is 13.1 Å². The van der Waals surface area contributed by atoms with E-state index in [1.807, 2.05) is 24.6 Å². The monoisotopic (exact) mass is 359 g/mol. The standard InChI is InChI=1S/C18H18FN3O2S/c1-22-14-7-9-25-16(14)10-15(22)18(24)21-11-17(23)20-8-6-12-4-2-3-5-13(12)19/h2-5,7,9-10H,6,8,11H2,1H3,(H,20,23)(H,21,24). The molecule has 0 fully saturated rings. The number of carbonyl (C=O) groups excluding carboxylic acids is 2. The lowest BCUT2D eigenvalue weighted by Crippen LogP contribution is -2.38. The predicted octanol–water partition coefficient (Wildman–Crippen LogP) is 2.47. The molecule has 1 aromatic carbocycles. The van der Waals surface area contributed by atoms with Gasteiger partial charge in [-0.15, -0.1) is 11.3 Å². The lowest BCUT2D eigenvalue weighted by Gasteiger charge is -2.08. The number of carbonyl (C=O) groups is 2. The first kappa shape index (κ1) is 17.2. The second-order valence-corrected chi connectivity index (χ2v) is 6.58. The topological polar surface area (TPSA) is 63.1 Å². The quantitative estimate of drug-likeness (QED) is 0.710. The molecule has 7 heteroatoms. The van der Waals surface area contributed by atoms with E-state index >= 15 is 0 Å². The first-order chi connectivity index (χ1) is 12.1. The maximum absolute atomic E-state index is 13.5. The van der Waals surface area contributed by atoms with Gasteiger partial charge >= 0.3 is 0 Å². The van der Waals surface area contributed by atoms with Crippen molar-refractivity contribution in [1.82, 2.24) is 15.2 Å². The maximum atomic E-state index is 13.5. The van der Waals surface area contributed by atoms with Gasteiger partial charge in [-0.2, -0.15) is 0 Å². The summed E-state index contributed by atoms with van der Waals surface area (Å²) < 4.78 is 16.3. The summed E-state index contributed by atoms with van der Waals surface area (Å²) in [6.45, 7) is 0.199. The van der Waals surface area contributed by atoms with Crippen molar-refractivity contribution in [2.45, 2.75) is 6.42 Å². The van der Waals surface area contributed by atoms with E-state index in [0.29, 0.717) is 24.2 Å². The Balaban J connectivity index is 1.47. The third-order valence-corrected chi connectivity index (χ3v) is 4.83. The summed E-state index contributed by atoms with van der Waals surface area (Å²) in [4.78, 5) is 24.1. The second-order valence-electron chi connectivity index (χ2n) is 5.63. The number of hydrogen-bond acceptors (Lipinski definition) is 3. The van der Waals surface area contributed by atoms with Crippen molar-refractivity contribution >= 4 is 33.4 Å². The molecule has 25 heavy (non-hydrogen) atoms. The number of halogens is 1. The van der Waals surface area contributed by atoms with Gasteiger partial charge in [-0.05, 0) is 35.6 Å². The van der Waals surface area contributed by atoms with Crippen LogP contribution in [-0.2, 0) is 18.3 Å². The van der Waals surface area contributed by atoms with Crippen molar-refractivity contribution in [3.63, 3.8) is 0 Å². The fourth-order valence-electron chi connectivity index (χ4n) is 2.62. The number of hydrogen-bond donors (Lipinski definition) is 2. The zero-order valence-corrected chi connectivity index (χ0v) is 14.5. The number of rotatable bonds is 6. The van der Waals surface area contributed by atoms with Gasteiger partial charge in [0.1, 0.15) is 11.5 Å². The van der Waals surface area contributed by atoms with Crippen LogP contribution in [0.4, 0.5) is 4.39 Å². The Morgan fingerprint density at radius 2 is 2.00 bits per heavy atom. The summed E-state index contributed by atoms with van der Waals surface area (Å²) in [5.41, 5.74) is 2.06. The maximum Gasteiger partial charge on any atom is 0.268 e. The largest absolute Gasteiger partial charge is 0.354 e. The average molecular weight is 359 g/mol. The van der Waals surface area contributed by atoms with Crippen LogP contribution in [-0.4, -0.2) is 29.5 Å². The van der Waals surface area contributed by atoms with E-state index in [0.717, 1.165) is 10.2 Å².